The summed E-state index contributed by atoms with van der Waals surface area (Å²) >= 11 is 0. The molecule has 0 aliphatic rings. The first-order valence-corrected chi connectivity index (χ1v) is 4.43. The smallest absolute Gasteiger partial charge is 0.188 e. The molecule has 2 nitrogen and oxygen atoms in total. The summed E-state index contributed by atoms with van der Waals surface area (Å²) in [5.74, 6) is 0.713. The van der Waals surface area contributed by atoms with Gasteiger partial charge in [-0.05, 0) is 16.8 Å². The van der Waals surface area contributed by atoms with Gasteiger partial charge in [-0.1, -0.05) is 30.3 Å². The van der Waals surface area contributed by atoms with Crippen molar-refractivity contribution in [2.45, 2.75) is 0 Å². The second kappa shape index (κ2) is 4.11. The van der Waals surface area contributed by atoms with E-state index in [1.54, 1.807) is 7.11 Å². The molecule has 2 heteroatoms. The molecule has 0 unspecified atom stereocenters. The summed E-state index contributed by atoms with van der Waals surface area (Å²) < 4.78 is 10.1. The van der Waals surface area contributed by atoms with Crippen LogP contribution in [0, 0.1) is 6.07 Å². The fourth-order valence-corrected chi connectivity index (χ4v) is 1.30. The van der Waals surface area contributed by atoms with Crippen LogP contribution in [0.2, 0.25) is 0 Å². The molecular weight excluding hydrogens is 176 g/mol. The van der Waals surface area contributed by atoms with Crippen molar-refractivity contribution in [3.8, 4) is 5.75 Å². The highest BCUT2D eigenvalue weighted by Crippen LogP contribution is 2.19. The number of ether oxygens (including phenoxy) is 2. The maximum Gasteiger partial charge on any atom is 0.188 e. The molecule has 0 fully saturated rings. The second-order valence-electron chi connectivity index (χ2n) is 2.96. The molecule has 0 atom stereocenters. The fraction of sp³-hybridized carbons (Fsp3) is 0.167. The van der Waals surface area contributed by atoms with E-state index in [0.29, 0.717) is 5.75 Å². The second-order valence-corrected chi connectivity index (χ2v) is 2.96. The molecule has 0 N–H and O–H groups in total. The minimum Gasteiger partial charge on any atom is -0.467 e. The Kier molecular flexibility index (Phi) is 2.65. The first-order valence-electron chi connectivity index (χ1n) is 4.43. The Bertz CT molecular complexity index is 423. The quantitative estimate of drug-likeness (QED) is 0.688. The lowest BCUT2D eigenvalue weighted by Crippen LogP contribution is -1.98. The number of hydrogen-bond acceptors (Lipinski definition) is 2. The van der Waals surface area contributed by atoms with Crippen molar-refractivity contribution in [1.29, 1.82) is 0 Å². The molecule has 0 aliphatic carbocycles. The molecule has 2 aromatic rings. The SMILES string of the molecule is COCOc1[c]c2ccccc2cc1. The van der Waals surface area contributed by atoms with E-state index in [-0.39, 0.29) is 6.79 Å². The minimum atomic E-state index is 0.259. The summed E-state index contributed by atoms with van der Waals surface area (Å²) in [4.78, 5) is 0. The van der Waals surface area contributed by atoms with Crippen LogP contribution in [0.4, 0.5) is 0 Å². The Morgan fingerprint density at radius 2 is 2.00 bits per heavy atom. The summed E-state index contributed by atoms with van der Waals surface area (Å²) in [7, 11) is 1.60. The van der Waals surface area contributed by atoms with Crippen molar-refractivity contribution >= 4 is 10.8 Å². The van der Waals surface area contributed by atoms with Gasteiger partial charge in [0.15, 0.2) is 6.79 Å². The van der Waals surface area contributed by atoms with E-state index in [2.05, 4.69) is 6.07 Å². The van der Waals surface area contributed by atoms with Crippen LogP contribution in [-0.2, 0) is 4.74 Å². The van der Waals surface area contributed by atoms with Crippen molar-refractivity contribution in [2.24, 2.45) is 0 Å². The van der Waals surface area contributed by atoms with Gasteiger partial charge in [0, 0.05) is 13.2 Å². The molecule has 0 spiro atoms. The monoisotopic (exact) mass is 187 g/mol. The molecule has 71 valence electrons. The zero-order chi connectivity index (χ0) is 9.80. The van der Waals surface area contributed by atoms with E-state index in [0.717, 1.165) is 10.8 Å². The van der Waals surface area contributed by atoms with Crippen LogP contribution in [0.5, 0.6) is 5.75 Å². The van der Waals surface area contributed by atoms with Crippen LogP contribution in [0.25, 0.3) is 10.8 Å². The standard InChI is InChI=1S/C12H11O2/c1-13-9-14-12-7-6-10-4-2-3-5-11(10)8-12/h2-7H,9H2,1H3. The van der Waals surface area contributed by atoms with Gasteiger partial charge in [-0.25, -0.2) is 0 Å². The third-order valence-corrected chi connectivity index (χ3v) is 1.97. The van der Waals surface area contributed by atoms with Crippen LogP contribution in [0.15, 0.2) is 36.4 Å². The van der Waals surface area contributed by atoms with Crippen LogP contribution >= 0.6 is 0 Å². The Hall–Kier alpha value is -1.54. The predicted octanol–water partition coefficient (Wildman–Crippen LogP) is 2.62. The van der Waals surface area contributed by atoms with Crippen LogP contribution < -0.4 is 4.74 Å². The number of methoxy groups -OCH3 is 1. The first-order chi connectivity index (χ1) is 6.90. The summed E-state index contributed by atoms with van der Waals surface area (Å²) in [6.45, 7) is 0.259. The average molecular weight is 187 g/mol. The van der Waals surface area contributed by atoms with E-state index in [1.165, 1.54) is 0 Å². The van der Waals surface area contributed by atoms with Crippen molar-refractivity contribution in [3.05, 3.63) is 42.5 Å². The maximum atomic E-state index is 5.29. The van der Waals surface area contributed by atoms with Gasteiger partial charge < -0.3 is 9.47 Å². The van der Waals surface area contributed by atoms with Crippen molar-refractivity contribution < 1.29 is 9.47 Å². The normalized spacial score (nSPS) is 10.4. The zero-order valence-corrected chi connectivity index (χ0v) is 7.99. The largest absolute Gasteiger partial charge is 0.467 e. The third kappa shape index (κ3) is 1.86. The molecule has 1 radical (unpaired) electrons. The summed E-state index contributed by atoms with van der Waals surface area (Å²) in [6, 6.07) is 15.1. The molecule has 0 saturated heterocycles. The summed E-state index contributed by atoms with van der Waals surface area (Å²) in [6.07, 6.45) is 0. The number of hydrogen-bond donors (Lipinski definition) is 0. The van der Waals surface area contributed by atoms with E-state index < -0.39 is 0 Å². The number of fused-ring (bicyclic) bond motifs is 1. The van der Waals surface area contributed by atoms with E-state index in [1.807, 2.05) is 36.4 Å². The molecule has 0 amide bonds. The zero-order valence-electron chi connectivity index (χ0n) is 7.99. The molecule has 14 heavy (non-hydrogen) atoms. The molecule has 0 aromatic heterocycles. The van der Waals surface area contributed by atoms with Crippen LogP contribution in [0.1, 0.15) is 0 Å². The van der Waals surface area contributed by atoms with Crippen molar-refractivity contribution in [3.63, 3.8) is 0 Å². The fourth-order valence-electron chi connectivity index (χ4n) is 1.30. The summed E-state index contributed by atoms with van der Waals surface area (Å²) in [5, 5.41) is 2.22. The molecule has 0 saturated carbocycles. The topological polar surface area (TPSA) is 18.5 Å². The van der Waals surface area contributed by atoms with Crippen molar-refractivity contribution in [1.82, 2.24) is 0 Å². The van der Waals surface area contributed by atoms with Crippen LogP contribution in [0.3, 0.4) is 0 Å². The maximum absolute atomic E-state index is 5.29. The molecule has 0 heterocycles. The number of rotatable bonds is 3. The lowest BCUT2D eigenvalue weighted by Gasteiger charge is -2.04. The highest BCUT2D eigenvalue weighted by Gasteiger charge is 1.96. The number of benzene rings is 2. The Labute approximate surface area is 83.1 Å². The molecule has 2 aromatic carbocycles. The highest BCUT2D eigenvalue weighted by molar-refractivity contribution is 5.82. The van der Waals surface area contributed by atoms with Gasteiger partial charge in [0.1, 0.15) is 5.75 Å². The van der Waals surface area contributed by atoms with Gasteiger partial charge in [0.25, 0.3) is 0 Å². The third-order valence-electron chi connectivity index (χ3n) is 1.97. The lowest BCUT2D eigenvalue weighted by atomic mass is 10.1. The highest BCUT2D eigenvalue weighted by atomic mass is 16.7. The molecular formula is C12H11O2. The van der Waals surface area contributed by atoms with Gasteiger partial charge in [-0.15, -0.1) is 0 Å². The lowest BCUT2D eigenvalue weighted by molar-refractivity contribution is 0.0510. The molecule has 2 rings (SSSR count). The van der Waals surface area contributed by atoms with E-state index in [4.69, 9.17) is 9.47 Å². The predicted molar refractivity (Wildman–Crippen MR) is 55.3 cm³/mol. The van der Waals surface area contributed by atoms with Gasteiger partial charge in [-0.2, -0.15) is 0 Å². The first kappa shape index (κ1) is 9.03. The van der Waals surface area contributed by atoms with E-state index in [9.17, 15) is 0 Å². The Morgan fingerprint density at radius 1 is 1.14 bits per heavy atom. The molecule has 0 bridgehead atoms. The van der Waals surface area contributed by atoms with Gasteiger partial charge >= 0.3 is 0 Å². The van der Waals surface area contributed by atoms with Gasteiger partial charge in [-0.3, -0.25) is 0 Å². The summed E-state index contributed by atoms with van der Waals surface area (Å²) in [5.41, 5.74) is 0. The minimum absolute atomic E-state index is 0.259. The van der Waals surface area contributed by atoms with Crippen molar-refractivity contribution in [2.75, 3.05) is 13.9 Å². The molecule has 0 aliphatic heterocycles. The Balaban J connectivity index is 2.32. The van der Waals surface area contributed by atoms with E-state index >= 15 is 0 Å². The van der Waals surface area contributed by atoms with Gasteiger partial charge in [0.05, 0.1) is 0 Å². The Morgan fingerprint density at radius 3 is 2.86 bits per heavy atom. The average Bonchev–Trinajstić information content (AvgIpc) is 2.26. The van der Waals surface area contributed by atoms with Crippen LogP contribution in [-0.4, -0.2) is 13.9 Å². The van der Waals surface area contributed by atoms with Gasteiger partial charge in [0.2, 0.25) is 0 Å².